The van der Waals surface area contributed by atoms with Gasteiger partial charge < -0.3 is 10.6 Å². The highest BCUT2D eigenvalue weighted by Gasteiger charge is 2.06. The largest absolute Gasteiger partial charge is 0.369 e. The van der Waals surface area contributed by atoms with Crippen LogP contribution in [0.4, 0.5) is 11.5 Å². The van der Waals surface area contributed by atoms with Crippen molar-refractivity contribution in [2.75, 3.05) is 17.2 Å². The molecular formula is C19H20N4O. The molecule has 0 spiro atoms. The van der Waals surface area contributed by atoms with E-state index in [9.17, 15) is 4.79 Å². The normalized spacial score (nSPS) is 10.6. The van der Waals surface area contributed by atoms with Crippen molar-refractivity contribution in [2.24, 2.45) is 0 Å². The Labute approximate surface area is 141 Å². The number of nitrogens with one attached hydrogen (secondary N) is 2. The lowest BCUT2D eigenvalue weighted by molar-refractivity contribution is -0.115. The first-order valence-electron chi connectivity index (χ1n) is 7.94. The molecule has 122 valence electrons. The molecule has 5 nitrogen and oxygen atoms in total. The van der Waals surface area contributed by atoms with E-state index in [1.165, 1.54) is 17.5 Å². The van der Waals surface area contributed by atoms with Crippen LogP contribution < -0.4 is 10.6 Å². The maximum atomic E-state index is 12.1. The second-order valence-electron chi connectivity index (χ2n) is 5.76. The highest BCUT2D eigenvalue weighted by molar-refractivity contribution is 5.92. The summed E-state index contributed by atoms with van der Waals surface area (Å²) in [6.45, 7) is 4.60. The van der Waals surface area contributed by atoms with Gasteiger partial charge in [0.15, 0.2) is 0 Å². The number of fused-ring (bicyclic) bond motifs is 1. The van der Waals surface area contributed by atoms with Crippen LogP contribution in [0.25, 0.3) is 10.9 Å². The summed E-state index contributed by atoms with van der Waals surface area (Å²) in [4.78, 5) is 20.6. The number of nitrogens with zero attached hydrogens (tertiary/aromatic N) is 2. The Balaban J connectivity index is 1.57. The van der Waals surface area contributed by atoms with E-state index in [2.05, 4.69) is 27.5 Å². The molecule has 3 aromatic rings. The number of amides is 1. The molecule has 0 saturated carbocycles. The zero-order chi connectivity index (χ0) is 16.9. The number of para-hydroxylation sites is 1. The molecule has 3 rings (SSSR count). The molecule has 1 amide bonds. The van der Waals surface area contributed by atoms with Gasteiger partial charge in [-0.1, -0.05) is 18.2 Å². The third-order valence-corrected chi connectivity index (χ3v) is 3.98. The van der Waals surface area contributed by atoms with Crippen molar-refractivity contribution in [1.82, 2.24) is 9.97 Å². The van der Waals surface area contributed by atoms with Gasteiger partial charge in [0.05, 0.1) is 5.52 Å². The molecule has 0 atom stereocenters. The number of benzene rings is 2. The fourth-order valence-corrected chi connectivity index (χ4v) is 2.48. The van der Waals surface area contributed by atoms with Crippen molar-refractivity contribution in [3.8, 4) is 0 Å². The number of aromatic nitrogens is 2. The highest BCUT2D eigenvalue weighted by Crippen LogP contribution is 2.18. The van der Waals surface area contributed by atoms with E-state index in [0.29, 0.717) is 13.0 Å². The first kappa shape index (κ1) is 15.9. The Bertz CT molecular complexity index is 871. The molecule has 0 bridgehead atoms. The van der Waals surface area contributed by atoms with Crippen molar-refractivity contribution in [3.05, 3.63) is 59.9 Å². The molecule has 5 heteroatoms. The molecule has 0 aliphatic rings. The van der Waals surface area contributed by atoms with E-state index < -0.39 is 0 Å². The van der Waals surface area contributed by atoms with Crippen molar-refractivity contribution in [1.29, 1.82) is 0 Å². The molecule has 0 saturated heterocycles. The number of carbonyl (C=O) groups is 1. The summed E-state index contributed by atoms with van der Waals surface area (Å²) in [5, 5.41) is 7.09. The van der Waals surface area contributed by atoms with Gasteiger partial charge in [-0.3, -0.25) is 4.79 Å². The van der Waals surface area contributed by atoms with Crippen LogP contribution in [0.5, 0.6) is 0 Å². The van der Waals surface area contributed by atoms with Gasteiger partial charge in [-0.05, 0) is 49.2 Å². The fourth-order valence-electron chi connectivity index (χ4n) is 2.48. The van der Waals surface area contributed by atoms with Gasteiger partial charge >= 0.3 is 0 Å². The topological polar surface area (TPSA) is 66.9 Å². The molecule has 0 aliphatic carbocycles. The lowest BCUT2D eigenvalue weighted by Crippen LogP contribution is -2.16. The predicted molar refractivity (Wildman–Crippen MR) is 97.2 cm³/mol. The van der Waals surface area contributed by atoms with E-state index in [-0.39, 0.29) is 5.91 Å². The SMILES string of the molecule is Cc1ccc(NC(=O)CCNc2ncnc3ccccc23)cc1C. The molecule has 24 heavy (non-hydrogen) atoms. The van der Waals surface area contributed by atoms with Crippen LogP contribution in [0.15, 0.2) is 48.8 Å². The molecule has 2 aromatic carbocycles. The van der Waals surface area contributed by atoms with E-state index in [1.54, 1.807) is 0 Å². The standard InChI is InChI=1S/C19H20N4O/c1-13-7-8-15(11-14(13)2)23-18(24)9-10-20-19-16-5-3-4-6-17(16)21-12-22-19/h3-8,11-12H,9-10H2,1-2H3,(H,23,24)(H,20,21,22). The van der Waals surface area contributed by atoms with Gasteiger partial charge in [0, 0.05) is 24.0 Å². The summed E-state index contributed by atoms with van der Waals surface area (Å²) in [7, 11) is 0. The third-order valence-electron chi connectivity index (χ3n) is 3.98. The van der Waals surface area contributed by atoms with Crippen molar-refractivity contribution < 1.29 is 4.79 Å². The number of rotatable bonds is 5. The minimum Gasteiger partial charge on any atom is -0.369 e. The first-order valence-corrected chi connectivity index (χ1v) is 7.94. The molecule has 1 heterocycles. The van der Waals surface area contributed by atoms with Crippen LogP contribution in [0.3, 0.4) is 0 Å². The number of carbonyl (C=O) groups excluding carboxylic acids is 1. The predicted octanol–water partition coefficient (Wildman–Crippen LogP) is 3.69. The van der Waals surface area contributed by atoms with Gasteiger partial charge in [-0.15, -0.1) is 0 Å². The number of hydrogen-bond acceptors (Lipinski definition) is 4. The second-order valence-corrected chi connectivity index (χ2v) is 5.76. The Morgan fingerprint density at radius 3 is 2.71 bits per heavy atom. The summed E-state index contributed by atoms with van der Waals surface area (Å²) >= 11 is 0. The average Bonchev–Trinajstić information content (AvgIpc) is 2.58. The Morgan fingerprint density at radius 2 is 1.88 bits per heavy atom. The Morgan fingerprint density at radius 1 is 1.04 bits per heavy atom. The monoisotopic (exact) mass is 320 g/mol. The molecule has 0 fully saturated rings. The van der Waals surface area contributed by atoms with E-state index in [4.69, 9.17) is 0 Å². The number of aryl methyl sites for hydroxylation is 2. The molecular weight excluding hydrogens is 300 g/mol. The molecule has 1 aromatic heterocycles. The van der Waals surface area contributed by atoms with Gasteiger partial charge in [-0.2, -0.15) is 0 Å². The summed E-state index contributed by atoms with van der Waals surface area (Å²) in [6.07, 6.45) is 1.89. The summed E-state index contributed by atoms with van der Waals surface area (Å²) in [5.41, 5.74) is 4.09. The lowest BCUT2D eigenvalue weighted by Gasteiger charge is -2.09. The van der Waals surface area contributed by atoms with Crippen molar-refractivity contribution in [3.63, 3.8) is 0 Å². The summed E-state index contributed by atoms with van der Waals surface area (Å²) in [6, 6.07) is 13.7. The minimum absolute atomic E-state index is 0.0240. The summed E-state index contributed by atoms with van der Waals surface area (Å²) in [5.74, 6) is 0.726. The third kappa shape index (κ3) is 3.68. The van der Waals surface area contributed by atoms with Crippen LogP contribution in [-0.4, -0.2) is 22.4 Å². The van der Waals surface area contributed by atoms with Crippen LogP contribution >= 0.6 is 0 Å². The van der Waals surface area contributed by atoms with E-state index in [0.717, 1.165) is 22.4 Å². The zero-order valence-corrected chi connectivity index (χ0v) is 13.8. The molecule has 0 aliphatic heterocycles. The van der Waals surface area contributed by atoms with Gasteiger partial charge in [-0.25, -0.2) is 9.97 Å². The van der Waals surface area contributed by atoms with Gasteiger partial charge in [0.2, 0.25) is 5.91 Å². The van der Waals surface area contributed by atoms with E-state index in [1.807, 2.05) is 49.4 Å². The van der Waals surface area contributed by atoms with Crippen LogP contribution in [0.2, 0.25) is 0 Å². The fraction of sp³-hybridized carbons (Fsp3) is 0.211. The van der Waals surface area contributed by atoms with Gasteiger partial charge in [0.25, 0.3) is 0 Å². The maximum Gasteiger partial charge on any atom is 0.226 e. The van der Waals surface area contributed by atoms with Gasteiger partial charge in [0.1, 0.15) is 12.1 Å². The quantitative estimate of drug-likeness (QED) is 0.752. The Hall–Kier alpha value is -2.95. The van der Waals surface area contributed by atoms with Crippen LogP contribution in [0, 0.1) is 13.8 Å². The lowest BCUT2D eigenvalue weighted by atomic mass is 10.1. The molecule has 2 N–H and O–H groups in total. The number of hydrogen-bond donors (Lipinski definition) is 2. The maximum absolute atomic E-state index is 12.1. The average molecular weight is 320 g/mol. The van der Waals surface area contributed by atoms with E-state index >= 15 is 0 Å². The van der Waals surface area contributed by atoms with Crippen LogP contribution in [0.1, 0.15) is 17.5 Å². The smallest absolute Gasteiger partial charge is 0.226 e. The minimum atomic E-state index is -0.0240. The molecule has 0 unspecified atom stereocenters. The first-order chi connectivity index (χ1) is 11.6. The number of anilines is 2. The highest BCUT2D eigenvalue weighted by atomic mass is 16.1. The zero-order valence-electron chi connectivity index (χ0n) is 13.8. The van der Waals surface area contributed by atoms with Crippen molar-refractivity contribution in [2.45, 2.75) is 20.3 Å². The summed E-state index contributed by atoms with van der Waals surface area (Å²) < 4.78 is 0. The van der Waals surface area contributed by atoms with Crippen LogP contribution in [-0.2, 0) is 4.79 Å². The van der Waals surface area contributed by atoms with Crippen molar-refractivity contribution >= 4 is 28.3 Å². The molecule has 0 radical (unpaired) electrons. The Kier molecular flexibility index (Phi) is 4.70. The second kappa shape index (κ2) is 7.08.